The zero-order valence-electron chi connectivity index (χ0n) is 16.7. The van der Waals surface area contributed by atoms with Gasteiger partial charge in [-0.15, -0.1) is 0 Å². The molecular weight excluding hydrogens is 376 g/mol. The highest BCUT2D eigenvalue weighted by Crippen LogP contribution is 2.45. The lowest BCUT2D eigenvalue weighted by molar-refractivity contribution is 0.414. The first kappa shape index (κ1) is 18.5. The summed E-state index contributed by atoms with van der Waals surface area (Å²) in [4.78, 5) is 12.9. The fourth-order valence-corrected chi connectivity index (χ4v) is 4.68. The molecule has 4 nitrogen and oxygen atoms in total. The molecule has 1 aromatic heterocycles. The van der Waals surface area contributed by atoms with E-state index in [0.717, 1.165) is 24.2 Å². The maximum atomic E-state index is 12.9. The van der Waals surface area contributed by atoms with E-state index < -0.39 is 5.63 Å². The summed E-state index contributed by atoms with van der Waals surface area (Å²) < 4.78 is 10.9. The molecule has 30 heavy (non-hydrogen) atoms. The van der Waals surface area contributed by atoms with Gasteiger partial charge in [-0.05, 0) is 59.7 Å². The van der Waals surface area contributed by atoms with Crippen molar-refractivity contribution in [2.24, 2.45) is 0 Å². The van der Waals surface area contributed by atoms with E-state index in [1.807, 2.05) is 30.3 Å². The fraction of sp³-hybridized carbons (Fsp3) is 0.192. The molecule has 0 fully saturated rings. The lowest BCUT2D eigenvalue weighted by atomic mass is 9.72. The Labute approximate surface area is 174 Å². The average Bonchev–Trinajstić information content (AvgIpc) is 2.79. The standard InChI is InChI=1S/C26H22O4/c1-29-19-12-10-16(11-13-19)18-14-17-6-2-3-7-20(17)22(15-18)24-25(27)21-8-4-5-9-23(21)30-26(24)28/h2-13,18,22,27H,14-15H2,1H3. The highest BCUT2D eigenvalue weighted by Gasteiger charge is 2.33. The predicted octanol–water partition coefficient (Wildman–Crippen LogP) is 5.37. The molecule has 0 aliphatic heterocycles. The van der Waals surface area contributed by atoms with Crippen LogP contribution in [-0.2, 0) is 6.42 Å². The number of methoxy groups -OCH3 is 1. The summed E-state index contributed by atoms with van der Waals surface area (Å²) in [6.07, 6.45) is 1.61. The van der Waals surface area contributed by atoms with Crippen molar-refractivity contribution in [3.05, 3.63) is 105 Å². The van der Waals surface area contributed by atoms with Crippen molar-refractivity contribution in [2.75, 3.05) is 7.11 Å². The van der Waals surface area contributed by atoms with Crippen LogP contribution in [0.25, 0.3) is 11.0 Å². The Morgan fingerprint density at radius 3 is 2.50 bits per heavy atom. The van der Waals surface area contributed by atoms with E-state index in [9.17, 15) is 9.90 Å². The molecule has 3 aromatic carbocycles. The van der Waals surface area contributed by atoms with Gasteiger partial charge in [-0.2, -0.15) is 0 Å². The van der Waals surface area contributed by atoms with Gasteiger partial charge in [-0.25, -0.2) is 4.79 Å². The maximum Gasteiger partial charge on any atom is 0.343 e. The molecule has 0 bridgehead atoms. The van der Waals surface area contributed by atoms with Crippen LogP contribution in [0.1, 0.15) is 40.5 Å². The van der Waals surface area contributed by atoms with Crippen molar-refractivity contribution in [2.45, 2.75) is 24.7 Å². The number of fused-ring (bicyclic) bond motifs is 2. The van der Waals surface area contributed by atoms with Crippen molar-refractivity contribution in [1.82, 2.24) is 0 Å². The van der Waals surface area contributed by atoms with Crippen LogP contribution in [0.2, 0.25) is 0 Å². The van der Waals surface area contributed by atoms with E-state index >= 15 is 0 Å². The van der Waals surface area contributed by atoms with E-state index in [-0.39, 0.29) is 17.6 Å². The number of para-hydroxylation sites is 1. The minimum Gasteiger partial charge on any atom is -0.507 e. The first-order valence-electron chi connectivity index (χ1n) is 10.1. The second-order valence-electron chi connectivity index (χ2n) is 7.81. The molecule has 1 N–H and O–H groups in total. The van der Waals surface area contributed by atoms with Crippen molar-refractivity contribution in [1.29, 1.82) is 0 Å². The van der Waals surface area contributed by atoms with Crippen molar-refractivity contribution >= 4 is 11.0 Å². The second kappa shape index (κ2) is 7.38. The summed E-state index contributed by atoms with van der Waals surface area (Å²) >= 11 is 0. The molecule has 2 unspecified atom stereocenters. The van der Waals surface area contributed by atoms with Crippen LogP contribution in [0.5, 0.6) is 11.5 Å². The van der Waals surface area contributed by atoms with Crippen LogP contribution in [-0.4, -0.2) is 12.2 Å². The van der Waals surface area contributed by atoms with Crippen molar-refractivity contribution in [3.63, 3.8) is 0 Å². The third kappa shape index (κ3) is 3.05. The SMILES string of the molecule is COc1ccc(C2Cc3ccccc3C(c3c(O)c4ccccc4oc3=O)C2)cc1. The zero-order valence-corrected chi connectivity index (χ0v) is 16.7. The van der Waals surface area contributed by atoms with Gasteiger partial charge in [0.25, 0.3) is 0 Å². The molecule has 1 aliphatic carbocycles. The van der Waals surface area contributed by atoms with E-state index in [4.69, 9.17) is 9.15 Å². The number of rotatable bonds is 3. The normalized spacial score (nSPS) is 18.2. The number of ether oxygens (including phenoxy) is 1. The van der Waals surface area contributed by atoms with Crippen molar-refractivity contribution in [3.8, 4) is 11.5 Å². The van der Waals surface area contributed by atoms with Gasteiger partial charge in [-0.1, -0.05) is 48.5 Å². The van der Waals surface area contributed by atoms with Crippen LogP contribution >= 0.6 is 0 Å². The summed E-state index contributed by atoms with van der Waals surface area (Å²) in [6.45, 7) is 0. The van der Waals surface area contributed by atoms with Gasteiger partial charge < -0.3 is 14.3 Å². The number of hydrogen-bond donors (Lipinski definition) is 1. The summed E-state index contributed by atoms with van der Waals surface area (Å²) in [5.74, 6) is 0.834. The molecule has 5 rings (SSSR count). The Hall–Kier alpha value is -3.53. The summed E-state index contributed by atoms with van der Waals surface area (Å²) in [7, 11) is 1.66. The Kier molecular flexibility index (Phi) is 4.55. The highest BCUT2D eigenvalue weighted by molar-refractivity contribution is 5.84. The molecule has 150 valence electrons. The lowest BCUT2D eigenvalue weighted by Crippen LogP contribution is -2.23. The van der Waals surface area contributed by atoms with Gasteiger partial charge in [-0.3, -0.25) is 0 Å². The largest absolute Gasteiger partial charge is 0.507 e. The molecule has 0 saturated carbocycles. The van der Waals surface area contributed by atoms with Crippen LogP contribution in [0.3, 0.4) is 0 Å². The Morgan fingerprint density at radius 1 is 0.967 bits per heavy atom. The molecule has 4 aromatic rings. The number of hydrogen-bond acceptors (Lipinski definition) is 4. The fourth-order valence-electron chi connectivity index (χ4n) is 4.68. The van der Waals surface area contributed by atoms with Gasteiger partial charge in [0, 0.05) is 5.92 Å². The molecule has 2 atom stereocenters. The van der Waals surface area contributed by atoms with E-state index in [1.54, 1.807) is 25.3 Å². The number of aromatic hydroxyl groups is 1. The second-order valence-corrected chi connectivity index (χ2v) is 7.81. The first-order chi connectivity index (χ1) is 14.7. The third-order valence-electron chi connectivity index (χ3n) is 6.17. The monoisotopic (exact) mass is 398 g/mol. The number of benzene rings is 3. The highest BCUT2D eigenvalue weighted by atomic mass is 16.5. The van der Waals surface area contributed by atoms with Crippen LogP contribution < -0.4 is 10.4 Å². The Balaban J connectivity index is 1.65. The van der Waals surface area contributed by atoms with Gasteiger partial charge in [0.1, 0.15) is 17.1 Å². The molecule has 1 heterocycles. The molecule has 4 heteroatoms. The maximum absolute atomic E-state index is 12.9. The molecule has 1 aliphatic rings. The molecule has 0 saturated heterocycles. The van der Waals surface area contributed by atoms with Crippen LogP contribution in [0.4, 0.5) is 0 Å². The van der Waals surface area contributed by atoms with E-state index in [1.165, 1.54) is 11.1 Å². The third-order valence-corrected chi connectivity index (χ3v) is 6.17. The predicted molar refractivity (Wildman–Crippen MR) is 116 cm³/mol. The molecule has 0 amide bonds. The summed E-state index contributed by atoms with van der Waals surface area (Å²) in [6, 6.07) is 23.4. The molecule has 0 radical (unpaired) electrons. The molecule has 0 spiro atoms. The summed E-state index contributed by atoms with van der Waals surface area (Å²) in [5, 5.41) is 11.6. The van der Waals surface area contributed by atoms with Gasteiger partial charge >= 0.3 is 5.63 Å². The lowest BCUT2D eigenvalue weighted by Gasteiger charge is -2.32. The topological polar surface area (TPSA) is 59.7 Å². The minimum absolute atomic E-state index is 0.0250. The Morgan fingerprint density at radius 2 is 1.70 bits per heavy atom. The van der Waals surface area contributed by atoms with Crippen molar-refractivity contribution < 1.29 is 14.3 Å². The quantitative estimate of drug-likeness (QED) is 0.472. The van der Waals surface area contributed by atoms with E-state index in [2.05, 4.69) is 24.3 Å². The van der Waals surface area contributed by atoms with Gasteiger partial charge in [0.05, 0.1) is 18.1 Å². The minimum atomic E-state index is -0.471. The van der Waals surface area contributed by atoms with Gasteiger partial charge in [0.15, 0.2) is 0 Å². The average molecular weight is 398 g/mol. The summed E-state index contributed by atoms with van der Waals surface area (Å²) in [5.41, 5.74) is 3.75. The van der Waals surface area contributed by atoms with E-state index in [0.29, 0.717) is 16.5 Å². The van der Waals surface area contributed by atoms with Gasteiger partial charge in [0.2, 0.25) is 0 Å². The smallest absolute Gasteiger partial charge is 0.343 e. The Bertz CT molecular complexity index is 1270. The first-order valence-corrected chi connectivity index (χ1v) is 10.1. The van der Waals surface area contributed by atoms with Crippen LogP contribution in [0.15, 0.2) is 82.0 Å². The molecular formula is C26H22O4. The zero-order chi connectivity index (χ0) is 20.7. The van der Waals surface area contributed by atoms with Crippen LogP contribution in [0, 0.1) is 0 Å².